The number of sulfonamides is 1. The number of ether oxygens (including phenoxy) is 1. The van der Waals surface area contributed by atoms with Crippen LogP contribution in [0.25, 0.3) is 0 Å². The van der Waals surface area contributed by atoms with Crippen molar-refractivity contribution in [1.29, 1.82) is 0 Å². The molecule has 0 saturated heterocycles. The molecule has 0 fully saturated rings. The highest BCUT2D eigenvalue weighted by Crippen LogP contribution is 2.26. The summed E-state index contributed by atoms with van der Waals surface area (Å²) >= 11 is 6.18. The minimum atomic E-state index is -3.52. The van der Waals surface area contributed by atoms with E-state index in [0.29, 0.717) is 22.0 Å². The van der Waals surface area contributed by atoms with Crippen LogP contribution in [0.3, 0.4) is 0 Å². The highest BCUT2D eigenvalue weighted by molar-refractivity contribution is 7.92. The van der Waals surface area contributed by atoms with Gasteiger partial charge in [0.15, 0.2) is 6.61 Å². The Bertz CT molecular complexity index is 917. The first-order valence-electron chi connectivity index (χ1n) is 9.44. The molecule has 1 unspecified atom stereocenters. The second-order valence-corrected chi connectivity index (χ2v) is 9.21. The van der Waals surface area contributed by atoms with E-state index in [1.54, 1.807) is 42.5 Å². The van der Waals surface area contributed by atoms with E-state index in [1.165, 1.54) is 4.31 Å². The van der Waals surface area contributed by atoms with E-state index in [0.717, 1.165) is 19.1 Å². The molecule has 8 heteroatoms. The fourth-order valence-corrected chi connectivity index (χ4v) is 3.93. The van der Waals surface area contributed by atoms with E-state index in [-0.39, 0.29) is 25.1 Å². The predicted octanol–water partition coefficient (Wildman–Crippen LogP) is 3.99. The summed E-state index contributed by atoms with van der Waals surface area (Å²) in [5.74, 6) is 0.296. The Balaban J connectivity index is 2.06. The largest absolute Gasteiger partial charge is 0.484 e. The third kappa shape index (κ3) is 7.25. The van der Waals surface area contributed by atoms with Crippen molar-refractivity contribution in [3.05, 3.63) is 59.1 Å². The molecule has 0 radical (unpaired) electrons. The van der Waals surface area contributed by atoms with Crippen molar-refractivity contribution in [3.8, 4) is 5.75 Å². The highest BCUT2D eigenvalue weighted by Gasteiger charge is 2.19. The summed E-state index contributed by atoms with van der Waals surface area (Å²) < 4.78 is 31.4. The molecule has 2 rings (SSSR count). The predicted molar refractivity (Wildman–Crippen MR) is 117 cm³/mol. The monoisotopic (exact) mass is 438 g/mol. The summed E-state index contributed by atoms with van der Waals surface area (Å²) in [6.07, 6.45) is 3.05. The van der Waals surface area contributed by atoms with Gasteiger partial charge in [-0.1, -0.05) is 43.1 Å². The van der Waals surface area contributed by atoms with E-state index in [9.17, 15) is 13.2 Å². The third-order valence-corrected chi connectivity index (χ3v) is 5.81. The Morgan fingerprint density at radius 3 is 2.41 bits per heavy atom. The topological polar surface area (TPSA) is 75.7 Å². The fraction of sp³-hybridized carbons (Fsp3) is 0.381. The van der Waals surface area contributed by atoms with Crippen LogP contribution in [0.5, 0.6) is 5.75 Å². The van der Waals surface area contributed by atoms with Crippen LogP contribution in [-0.4, -0.2) is 33.2 Å². The van der Waals surface area contributed by atoms with Gasteiger partial charge >= 0.3 is 0 Å². The lowest BCUT2D eigenvalue weighted by Crippen LogP contribution is -2.35. The van der Waals surface area contributed by atoms with Gasteiger partial charge in [0.1, 0.15) is 5.75 Å². The summed E-state index contributed by atoms with van der Waals surface area (Å²) in [5.41, 5.74) is 1.19. The van der Waals surface area contributed by atoms with Crippen molar-refractivity contribution < 1.29 is 17.9 Å². The van der Waals surface area contributed by atoms with Gasteiger partial charge in [-0.15, -0.1) is 0 Å². The van der Waals surface area contributed by atoms with Gasteiger partial charge in [-0.05, 0) is 49.2 Å². The van der Waals surface area contributed by atoms with Gasteiger partial charge < -0.3 is 10.1 Å². The summed E-state index contributed by atoms with van der Waals surface area (Å²) in [6.45, 7) is 4.04. The van der Waals surface area contributed by atoms with Crippen LogP contribution >= 0.6 is 11.6 Å². The minimum Gasteiger partial charge on any atom is -0.484 e. The Hall–Kier alpha value is -2.25. The number of hydrogen-bond acceptors (Lipinski definition) is 4. The Morgan fingerprint density at radius 2 is 1.83 bits per heavy atom. The fourth-order valence-electron chi connectivity index (χ4n) is 2.86. The molecule has 0 aliphatic rings. The summed E-state index contributed by atoms with van der Waals surface area (Å²) in [4.78, 5) is 11.9. The zero-order valence-corrected chi connectivity index (χ0v) is 18.5. The summed E-state index contributed by atoms with van der Waals surface area (Å²) in [6, 6.07) is 13.8. The number of rotatable bonds is 10. The Labute approximate surface area is 177 Å². The molecular weight excluding hydrogens is 412 g/mol. The van der Waals surface area contributed by atoms with E-state index in [4.69, 9.17) is 16.3 Å². The first kappa shape index (κ1) is 23.0. The number of benzene rings is 2. The molecule has 2 aromatic carbocycles. The van der Waals surface area contributed by atoms with Crippen molar-refractivity contribution in [2.45, 2.75) is 39.3 Å². The zero-order chi connectivity index (χ0) is 21.4. The number of nitrogens with one attached hydrogen (secondary N) is 1. The Morgan fingerprint density at radius 1 is 1.17 bits per heavy atom. The van der Waals surface area contributed by atoms with E-state index >= 15 is 0 Å². The van der Waals surface area contributed by atoms with Crippen LogP contribution in [0.1, 0.15) is 32.3 Å². The minimum absolute atomic E-state index is 0.0944. The second-order valence-electron chi connectivity index (χ2n) is 6.90. The van der Waals surface area contributed by atoms with Gasteiger partial charge in [-0.3, -0.25) is 9.10 Å². The molecular formula is C21H27ClN2O4S. The van der Waals surface area contributed by atoms with E-state index in [2.05, 4.69) is 12.2 Å². The van der Waals surface area contributed by atoms with Crippen molar-refractivity contribution in [2.24, 2.45) is 0 Å². The van der Waals surface area contributed by atoms with Gasteiger partial charge in [-0.2, -0.15) is 0 Å². The van der Waals surface area contributed by atoms with Crippen LogP contribution < -0.4 is 14.4 Å². The first-order valence-corrected chi connectivity index (χ1v) is 11.7. The molecule has 0 bridgehead atoms. The molecule has 0 spiro atoms. The standard InChI is InChI=1S/C21H27ClN2O4S/c1-4-7-16(2)23-21(25)15-28-19-12-10-18(11-13-19)24(29(3,26)27)14-17-8-5-6-9-20(17)22/h5-6,8-13,16H,4,7,14-15H2,1-3H3,(H,23,25). The molecule has 0 heterocycles. The van der Waals surface area contributed by atoms with Crippen LogP contribution in [0.15, 0.2) is 48.5 Å². The molecule has 29 heavy (non-hydrogen) atoms. The molecule has 158 valence electrons. The third-order valence-electron chi connectivity index (χ3n) is 4.30. The average Bonchev–Trinajstić information content (AvgIpc) is 2.65. The van der Waals surface area contributed by atoms with Gasteiger partial charge in [0.2, 0.25) is 10.0 Å². The smallest absolute Gasteiger partial charge is 0.258 e. The van der Waals surface area contributed by atoms with Crippen molar-refractivity contribution in [1.82, 2.24) is 5.32 Å². The molecule has 1 N–H and O–H groups in total. The SMILES string of the molecule is CCCC(C)NC(=O)COc1ccc(N(Cc2ccccc2Cl)S(C)(=O)=O)cc1. The van der Waals surface area contributed by atoms with Gasteiger partial charge in [0.05, 0.1) is 18.5 Å². The van der Waals surface area contributed by atoms with Gasteiger partial charge in [0.25, 0.3) is 5.91 Å². The number of halogens is 1. The quantitative estimate of drug-likeness (QED) is 0.608. The molecule has 1 atom stereocenters. The Kier molecular flexibility index (Phi) is 8.34. The summed E-state index contributed by atoms with van der Waals surface area (Å²) in [5, 5.41) is 3.37. The molecule has 0 aliphatic heterocycles. The molecule has 0 aromatic heterocycles. The number of carbonyl (C=O) groups excluding carboxylic acids is 1. The number of hydrogen-bond donors (Lipinski definition) is 1. The van der Waals surface area contributed by atoms with E-state index < -0.39 is 10.0 Å². The van der Waals surface area contributed by atoms with Crippen LogP contribution in [0.4, 0.5) is 5.69 Å². The van der Waals surface area contributed by atoms with Crippen LogP contribution in [0, 0.1) is 0 Å². The first-order chi connectivity index (χ1) is 13.7. The van der Waals surface area contributed by atoms with E-state index in [1.807, 2.05) is 13.0 Å². The lowest BCUT2D eigenvalue weighted by molar-refractivity contribution is -0.123. The summed E-state index contributed by atoms with van der Waals surface area (Å²) in [7, 11) is -3.52. The normalized spacial score (nSPS) is 12.3. The lowest BCUT2D eigenvalue weighted by atomic mass is 10.2. The highest BCUT2D eigenvalue weighted by atomic mass is 35.5. The van der Waals surface area contributed by atoms with Gasteiger partial charge in [0, 0.05) is 11.1 Å². The number of nitrogens with zero attached hydrogens (tertiary/aromatic N) is 1. The molecule has 0 saturated carbocycles. The molecule has 0 aliphatic carbocycles. The molecule has 1 amide bonds. The van der Waals surface area contributed by atoms with Crippen molar-refractivity contribution in [2.75, 3.05) is 17.2 Å². The van der Waals surface area contributed by atoms with Crippen LogP contribution in [-0.2, 0) is 21.4 Å². The van der Waals surface area contributed by atoms with Gasteiger partial charge in [-0.25, -0.2) is 8.42 Å². The maximum Gasteiger partial charge on any atom is 0.258 e. The van der Waals surface area contributed by atoms with Crippen molar-refractivity contribution >= 4 is 33.2 Å². The number of amides is 1. The maximum absolute atomic E-state index is 12.3. The van der Waals surface area contributed by atoms with Crippen LogP contribution in [0.2, 0.25) is 5.02 Å². The number of anilines is 1. The maximum atomic E-state index is 12.3. The zero-order valence-electron chi connectivity index (χ0n) is 16.9. The average molecular weight is 439 g/mol. The molecule has 6 nitrogen and oxygen atoms in total. The molecule has 2 aromatic rings. The lowest BCUT2D eigenvalue weighted by Gasteiger charge is -2.23. The number of carbonyl (C=O) groups is 1. The second kappa shape index (κ2) is 10.5. The van der Waals surface area contributed by atoms with Crippen molar-refractivity contribution in [3.63, 3.8) is 0 Å².